The molecular weight excluding hydrogens is 246 g/mol. The Hall–Kier alpha value is -1.02. The Kier molecular flexibility index (Phi) is 3.13. The molecule has 1 aromatic rings. The van der Waals surface area contributed by atoms with Gasteiger partial charge >= 0.3 is 0 Å². The largest absolute Gasteiger partial charge is 0.489 e. The van der Waals surface area contributed by atoms with Crippen LogP contribution in [-0.4, -0.2) is 6.10 Å². The fourth-order valence-electron chi connectivity index (χ4n) is 4.43. The number of ether oxygens (including phenoxy) is 1. The van der Waals surface area contributed by atoms with Gasteiger partial charge in [0.2, 0.25) is 0 Å². The zero-order chi connectivity index (χ0) is 14.5. The van der Waals surface area contributed by atoms with E-state index in [0.717, 1.165) is 17.2 Å². The highest BCUT2D eigenvalue weighted by atomic mass is 16.5. The molecule has 2 heteroatoms. The molecule has 0 amide bonds. The Labute approximate surface area is 122 Å². The van der Waals surface area contributed by atoms with Gasteiger partial charge in [0, 0.05) is 17.0 Å². The lowest BCUT2D eigenvalue weighted by Gasteiger charge is -2.39. The number of hydrogen-bond donors (Lipinski definition) is 1. The highest BCUT2D eigenvalue weighted by molar-refractivity contribution is 5.36. The van der Waals surface area contributed by atoms with E-state index in [-0.39, 0.29) is 6.04 Å². The molecule has 2 saturated carbocycles. The number of para-hydroxylation sites is 1. The van der Waals surface area contributed by atoms with Crippen molar-refractivity contribution < 1.29 is 4.74 Å². The molecule has 0 heterocycles. The molecule has 2 bridgehead atoms. The van der Waals surface area contributed by atoms with Gasteiger partial charge in [0.25, 0.3) is 0 Å². The molecule has 2 fully saturated rings. The van der Waals surface area contributed by atoms with Crippen molar-refractivity contribution in [2.45, 2.75) is 59.1 Å². The van der Waals surface area contributed by atoms with Crippen LogP contribution in [0.3, 0.4) is 0 Å². The van der Waals surface area contributed by atoms with Gasteiger partial charge in [-0.25, -0.2) is 0 Å². The summed E-state index contributed by atoms with van der Waals surface area (Å²) < 4.78 is 6.46. The number of benzene rings is 1. The summed E-state index contributed by atoms with van der Waals surface area (Å²) in [5.41, 5.74) is 7.88. The molecule has 20 heavy (non-hydrogen) atoms. The Morgan fingerprint density at radius 2 is 1.95 bits per heavy atom. The van der Waals surface area contributed by atoms with Gasteiger partial charge < -0.3 is 10.5 Å². The van der Waals surface area contributed by atoms with E-state index in [2.05, 4.69) is 32.9 Å². The first kappa shape index (κ1) is 13.9. The van der Waals surface area contributed by atoms with Crippen LogP contribution in [0.15, 0.2) is 24.3 Å². The first-order valence-corrected chi connectivity index (χ1v) is 7.87. The number of rotatable bonds is 3. The van der Waals surface area contributed by atoms with Crippen LogP contribution in [0.5, 0.6) is 5.75 Å². The second kappa shape index (κ2) is 4.49. The SMILES string of the molecule is C[C@@H](N)c1ccccc1OC1CC2CCC1(C)C2(C)C. The predicted octanol–water partition coefficient (Wildman–Crippen LogP) is 4.30. The summed E-state index contributed by atoms with van der Waals surface area (Å²) >= 11 is 0. The minimum atomic E-state index is 0.0191. The zero-order valence-electron chi connectivity index (χ0n) is 13.1. The molecule has 0 radical (unpaired) electrons. The first-order chi connectivity index (χ1) is 9.36. The monoisotopic (exact) mass is 273 g/mol. The van der Waals surface area contributed by atoms with Crippen molar-refractivity contribution in [3.05, 3.63) is 29.8 Å². The third-order valence-electron chi connectivity index (χ3n) is 6.39. The fourth-order valence-corrected chi connectivity index (χ4v) is 4.43. The molecule has 2 N–H and O–H groups in total. The van der Waals surface area contributed by atoms with Gasteiger partial charge in [-0.2, -0.15) is 0 Å². The summed E-state index contributed by atoms with van der Waals surface area (Å²) in [6.07, 6.45) is 4.17. The maximum absolute atomic E-state index is 6.46. The van der Waals surface area contributed by atoms with E-state index in [1.54, 1.807) is 0 Å². The standard InChI is InChI=1S/C18H27NO/c1-12(19)14-7-5-6-8-15(14)20-16-11-13-9-10-18(16,4)17(13,2)3/h5-8,12-13,16H,9-11,19H2,1-4H3/t12-,13?,16?,18?/m1/s1. The Balaban J connectivity index is 1.87. The molecule has 4 atom stereocenters. The van der Waals surface area contributed by atoms with Gasteiger partial charge in [-0.15, -0.1) is 0 Å². The van der Waals surface area contributed by atoms with E-state index in [9.17, 15) is 0 Å². The minimum absolute atomic E-state index is 0.0191. The molecule has 1 aromatic carbocycles. The molecule has 3 unspecified atom stereocenters. The smallest absolute Gasteiger partial charge is 0.124 e. The Morgan fingerprint density at radius 1 is 1.25 bits per heavy atom. The quantitative estimate of drug-likeness (QED) is 0.891. The van der Waals surface area contributed by atoms with Crippen LogP contribution in [0.1, 0.15) is 58.6 Å². The van der Waals surface area contributed by atoms with Crippen LogP contribution in [0.4, 0.5) is 0 Å². The van der Waals surface area contributed by atoms with Crippen LogP contribution in [0.25, 0.3) is 0 Å². The maximum Gasteiger partial charge on any atom is 0.124 e. The highest BCUT2D eigenvalue weighted by Gasteiger charge is 2.62. The number of fused-ring (bicyclic) bond motifs is 2. The molecule has 0 aromatic heterocycles. The molecule has 2 aliphatic rings. The molecule has 0 spiro atoms. The van der Waals surface area contributed by atoms with E-state index in [0.29, 0.717) is 16.9 Å². The van der Waals surface area contributed by atoms with Crippen LogP contribution >= 0.6 is 0 Å². The summed E-state index contributed by atoms with van der Waals surface area (Å²) in [5.74, 6) is 1.79. The number of hydrogen-bond acceptors (Lipinski definition) is 2. The molecular formula is C18H27NO. The second-order valence-electron chi connectivity index (χ2n) is 7.54. The average molecular weight is 273 g/mol. The van der Waals surface area contributed by atoms with E-state index in [1.807, 2.05) is 19.1 Å². The molecule has 110 valence electrons. The minimum Gasteiger partial charge on any atom is -0.489 e. The third kappa shape index (κ3) is 1.81. The van der Waals surface area contributed by atoms with Crippen molar-refractivity contribution in [1.29, 1.82) is 0 Å². The lowest BCUT2D eigenvalue weighted by Crippen LogP contribution is -2.39. The van der Waals surface area contributed by atoms with Crippen molar-refractivity contribution in [2.24, 2.45) is 22.5 Å². The van der Waals surface area contributed by atoms with Crippen LogP contribution < -0.4 is 10.5 Å². The second-order valence-corrected chi connectivity index (χ2v) is 7.54. The lowest BCUT2D eigenvalue weighted by atomic mass is 9.70. The molecule has 0 saturated heterocycles. The van der Waals surface area contributed by atoms with Crippen molar-refractivity contribution >= 4 is 0 Å². The van der Waals surface area contributed by atoms with Gasteiger partial charge in [-0.3, -0.25) is 0 Å². The summed E-state index contributed by atoms with van der Waals surface area (Å²) in [5, 5.41) is 0. The highest BCUT2D eigenvalue weighted by Crippen LogP contribution is 2.66. The number of nitrogens with two attached hydrogens (primary N) is 1. The van der Waals surface area contributed by atoms with Gasteiger partial charge in [0.15, 0.2) is 0 Å². The van der Waals surface area contributed by atoms with Gasteiger partial charge in [-0.05, 0) is 43.6 Å². The van der Waals surface area contributed by atoms with Crippen LogP contribution in [-0.2, 0) is 0 Å². The average Bonchev–Trinajstić information content (AvgIpc) is 2.72. The molecule has 3 rings (SSSR count). The van der Waals surface area contributed by atoms with E-state index < -0.39 is 0 Å². The summed E-state index contributed by atoms with van der Waals surface area (Å²) in [7, 11) is 0. The predicted molar refractivity (Wildman–Crippen MR) is 82.7 cm³/mol. The normalized spacial score (nSPS) is 36.0. The van der Waals surface area contributed by atoms with E-state index >= 15 is 0 Å². The molecule has 2 nitrogen and oxygen atoms in total. The third-order valence-corrected chi connectivity index (χ3v) is 6.39. The van der Waals surface area contributed by atoms with E-state index in [4.69, 9.17) is 10.5 Å². The Bertz CT molecular complexity index is 508. The first-order valence-electron chi connectivity index (χ1n) is 7.87. The molecule has 0 aliphatic heterocycles. The fraction of sp³-hybridized carbons (Fsp3) is 0.667. The van der Waals surface area contributed by atoms with Crippen LogP contribution in [0, 0.1) is 16.7 Å². The van der Waals surface area contributed by atoms with Crippen molar-refractivity contribution in [3.8, 4) is 5.75 Å². The maximum atomic E-state index is 6.46. The Morgan fingerprint density at radius 3 is 2.50 bits per heavy atom. The van der Waals surface area contributed by atoms with Crippen molar-refractivity contribution in [3.63, 3.8) is 0 Å². The van der Waals surface area contributed by atoms with E-state index in [1.165, 1.54) is 19.3 Å². The summed E-state index contributed by atoms with van der Waals surface area (Å²) in [4.78, 5) is 0. The molecule has 2 aliphatic carbocycles. The zero-order valence-corrected chi connectivity index (χ0v) is 13.1. The van der Waals surface area contributed by atoms with Gasteiger partial charge in [0.1, 0.15) is 11.9 Å². The van der Waals surface area contributed by atoms with Gasteiger partial charge in [0.05, 0.1) is 0 Å². The van der Waals surface area contributed by atoms with Crippen LogP contribution in [0.2, 0.25) is 0 Å². The summed E-state index contributed by atoms with van der Waals surface area (Å²) in [6, 6.07) is 8.26. The van der Waals surface area contributed by atoms with Crippen molar-refractivity contribution in [2.75, 3.05) is 0 Å². The van der Waals surface area contributed by atoms with Crippen molar-refractivity contribution in [1.82, 2.24) is 0 Å². The summed E-state index contributed by atoms with van der Waals surface area (Å²) in [6.45, 7) is 9.28. The topological polar surface area (TPSA) is 35.2 Å². The van der Waals surface area contributed by atoms with Gasteiger partial charge in [-0.1, -0.05) is 39.0 Å². The lowest BCUT2D eigenvalue weighted by molar-refractivity contribution is 0.0294.